The van der Waals surface area contributed by atoms with Crippen molar-refractivity contribution in [1.29, 1.82) is 0 Å². The zero-order valence-electron chi connectivity index (χ0n) is 13.0. The molecule has 1 saturated carbocycles. The lowest BCUT2D eigenvalue weighted by Gasteiger charge is -2.36. The third kappa shape index (κ3) is 6.14. The highest BCUT2D eigenvalue weighted by molar-refractivity contribution is 7.99. The maximum atomic E-state index is 12.1. The van der Waals surface area contributed by atoms with E-state index < -0.39 is 0 Å². The topological polar surface area (TPSA) is 44.4 Å². The summed E-state index contributed by atoms with van der Waals surface area (Å²) < 4.78 is 0. The lowest BCUT2D eigenvalue weighted by molar-refractivity contribution is -0.122. The van der Waals surface area contributed by atoms with Gasteiger partial charge >= 0.3 is 0 Å². The molecule has 2 N–H and O–H groups in total. The van der Waals surface area contributed by atoms with E-state index in [2.05, 4.69) is 29.6 Å². The van der Waals surface area contributed by atoms with E-state index >= 15 is 0 Å². The van der Waals surface area contributed by atoms with Gasteiger partial charge in [0.2, 0.25) is 5.91 Å². The molecule has 1 aliphatic carbocycles. The molecule has 4 nitrogen and oxygen atoms in total. The number of nitrogens with one attached hydrogen (secondary N) is 2. The van der Waals surface area contributed by atoms with Crippen LogP contribution in [0.4, 0.5) is 0 Å². The lowest BCUT2D eigenvalue weighted by Crippen LogP contribution is -2.51. The molecule has 2 fully saturated rings. The zero-order chi connectivity index (χ0) is 13.7. The summed E-state index contributed by atoms with van der Waals surface area (Å²) in [5.74, 6) is 2.43. The second-order valence-corrected chi connectivity index (χ2v) is 7.18. The minimum atomic E-state index is 0. The number of halogens is 2. The largest absolute Gasteiger partial charge is 0.354 e. The Balaban J connectivity index is 0.00000200. The molecule has 0 aromatic carbocycles. The quantitative estimate of drug-likeness (QED) is 0.788. The SMILES string of the molecule is CN(C)C1(CNC(=O)CC2CSCCN2)CCCC1.Cl.Cl. The van der Waals surface area contributed by atoms with E-state index in [4.69, 9.17) is 0 Å². The van der Waals surface area contributed by atoms with E-state index in [1.54, 1.807) is 0 Å². The Hall–Kier alpha value is 0.320. The molecule has 0 spiro atoms. The number of hydrogen-bond donors (Lipinski definition) is 2. The fraction of sp³-hybridized carbons (Fsp3) is 0.929. The minimum absolute atomic E-state index is 0. The summed E-state index contributed by atoms with van der Waals surface area (Å²) in [5.41, 5.74) is 0.199. The van der Waals surface area contributed by atoms with Crippen LogP contribution in [0.1, 0.15) is 32.1 Å². The first-order valence-electron chi connectivity index (χ1n) is 7.38. The molecule has 1 heterocycles. The first-order chi connectivity index (χ1) is 9.12. The van der Waals surface area contributed by atoms with Crippen molar-refractivity contribution in [1.82, 2.24) is 15.5 Å². The van der Waals surface area contributed by atoms with Gasteiger partial charge in [0.15, 0.2) is 0 Å². The Morgan fingerprint density at radius 1 is 1.33 bits per heavy atom. The van der Waals surface area contributed by atoms with Crippen molar-refractivity contribution in [2.75, 3.05) is 38.7 Å². The summed E-state index contributed by atoms with van der Waals surface area (Å²) in [4.78, 5) is 14.4. The lowest BCUT2D eigenvalue weighted by atomic mass is 9.96. The van der Waals surface area contributed by atoms with E-state index in [1.807, 2.05) is 11.8 Å². The number of likely N-dealkylation sites (N-methyl/N-ethyl adjacent to an activating group) is 1. The molecule has 1 aliphatic heterocycles. The van der Waals surface area contributed by atoms with Gasteiger partial charge in [0.1, 0.15) is 0 Å². The molecule has 2 aliphatic rings. The fourth-order valence-electron chi connectivity index (χ4n) is 3.13. The number of rotatable bonds is 5. The summed E-state index contributed by atoms with van der Waals surface area (Å²) in [6, 6.07) is 0.359. The Labute approximate surface area is 145 Å². The first-order valence-corrected chi connectivity index (χ1v) is 8.53. The van der Waals surface area contributed by atoms with Crippen molar-refractivity contribution in [3.05, 3.63) is 0 Å². The van der Waals surface area contributed by atoms with Crippen LogP contribution in [0.25, 0.3) is 0 Å². The number of nitrogens with zero attached hydrogens (tertiary/aromatic N) is 1. The number of thioether (sulfide) groups is 1. The number of hydrogen-bond acceptors (Lipinski definition) is 4. The second-order valence-electron chi connectivity index (χ2n) is 6.03. The average Bonchev–Trinajstić information content (AvgIpc) is 2.88. The highest BCUT2D eigenvalue weighted by Gasteiger charge is 2.36. The van der Waals surface area contributed by atoms with Gasteiger partial charge in [-0.15, -0.1) is 24.8 Å². The standard InChI is InChI=1S/C14H27N3OS.2ClH/c1-17(2)14(5-3-4-6-14)11-16-13(18)9-12-10-19-8-7-15-12;;/h12,15H,3-11H2,1-2H3,(H,16,18);2*1H. The van der Waals surface area contributed by atoms with E-state index in [-0.39, 0.29) is 36.3 Å². The molecule has 126 valence electrons. The monoisotopic (exact) mass is 357 g/mol. The molecule has 1 atom stereocenters. The van der Waals surface area contributed by atoms with Crippen molar-refractivity contribution in [3.8, 4) is 0 Å². The molecule has 1 saturated heterocycles. The molecule has 1 unspecified atom stereocenters. The number of amides is 1. The summed E-state index contributed by atoms with van der Waals surface area (Å²) in [5, 5.41) is 6.58. The molecule has 0 aromatic rings. The van der Waals surface area contributed by atoms with Crippen LogP contribution in [0, 0.1) is 0 Å². The van der Waals surface area contributed by atoms with Gasteiger partial charge in [0, 0.05) is 42.6 Å². The highest BCUT2D eigenvalue weighted by Crippen LogP contribution is 2.33. The second kappa shape index (κ2) is 10.2. The first kappa shape index (κ1) is 21.3. The van der Waals surface area contributed by atoms with Crippen LogP contribution < -0.4 is 10.6 Å². The van der Waals surface area contributed by atoms with Gasteiger partial charge in [-0.05, 0) is 26.9 Å². The Morgan fingerprint density at radius 2 is 2.00 bits per heavy atom. The van der Waals surface area contributed by atoms with Crippen LogP contribution in [-0.2, 0) is 4.79 Å². The molecule has 0 bridgehead atoms. The van der Waals surface area contributed by atoms with Gasteiger partial charge in [-0.3, -0.25) is 4.79 Å². The average molecular weight is 358 g/mol. The molecular formula is C14H29Cl2N3OS. The predicted molar refractivity (Wildman–Crippen MR) is 96.1 cm³/mol. The third-order valence-corrected chi connectivity index (χ3v) is 5.66. The van der Waals surface area contributed by atoms with Crippen LogP contribution in [0.5, 0.6) is 0 Å². The maximum Gasteiger partial charge on any atom is 0.221 e. The van der Waals surface area contributed by atoms with Gasteiger partial charge in [-0.1, -0.05) is 12.8 Å². The predicted octanol–water partition coefficient (Wildman–Crippen LogP) is 1.92. The van der Waals surface area contributed by atoms with Gasteiger partial charge in [-0.25, -0.2) is 0 Å². The third-order valence-electron chi connectivity index (χ3n) is 4.53. The van der Waals surface area contributed by atoms with Gasteiger partial charge in [0.25, 0.3) is 0 Å². The van der Waals surface area contributed by atoms with Gasteiger partial charge in [-0.2, -0.15) is 11.8 Å². The fourth-order valence-corrected chi connectivity index (χ4v) is 4.07. The summed E-state index contributed by atoms with van der Waals surface area (Å²) in [6.45, 7) is 1.84. The normalized spacial score (nSPS) is 24.0. The molecule has 0 aromatic heterocycles. The van der Waals surface area contributed by atoms with Crippen LogP contribution >= 0.6 is 36.6 Å². The Morgan fingerprint density at radius 3 is 2.52 bits per heavy atom. The van der Waals surface area contributed by atoms with Gasteiger partial charge < -0.3 is 15.5 Å². The maximum absolute atomic E-state index is 12.1. The van der Waals surface area contributed by atoms with Crippen molar-refractivity contribution < 1.29 is 4.79 Å². The van der Waals surface area contributed by atoms with Crippen LogP contribution in [-0.4, -0.2) is 61.1 Å². The van der Waals surface area contributed by atoms with E-state index in [0.29, 0.717) is 12.5 Å². The van der Waals surface area contributed by atoms with E-state index in [0.717, 1.165) is 18.8 Å². The molecule has 7 heteroatoms. The summed E-state index contributed by atoms with van der Waals surface area (Å²) >= 11 is 1.94. The van der Waals surface area contributed by atoms with Crippen molar-refractivity contribution in [2.45, 2.75) is 43.7 Å². The van der Waals surface area contributed by atoms with Crippen LogP contribution in [0.3, 0.4) is 0 Å². The van der Waals surface area contributed by atoms with Gasteiger partial charge in [0.05, 0.1) is 0 Å². The molecule has 21 heavy (non-hydrogen) atoms. The highest BCUT2D eigenvalue weighted by atomic mass is 35.5. The zero-order valence-corrected chi connectivity index (χ0v) is 15.5. The molecule has 2 rings (SSSR count). The summed E-state index contributed by atoms with van der Waals surface area (Å²) in [7, 11) is 4.27. The van der Waals surface area contributed by atoms with Crippen molar-refractivity contribution in [3.63, 3.8) is 0 Å². The van der Waals surface area contributed by atoms with Crippen LogP contribution in [0.15, 0.2) is 0 Å². The summed E-state index contributed by atoms with van der Waals surface area (Å²) in [6.07, 6.45) is 5.61. The number of carbonyl (C=O) groups excluding carboxylic acids is 1. The van der Waals surface area contributed by atoms with Crippen molar-refractivity contribution in [2.24, 2.45) is 0 Å². The minimum Gasteiger partial charge on any atom is -0.354 e. The number of carbonyl (C=O) groups is 1. The van der Waals surface area contributed by atoms with Crippen LogP contribution in [0.2, 0.25) is 0 Å². The molecular weight excluding hydrogens is 329 g/mol. The molecule has 1 amide bonds. The van der Waals surface area contributed by atoms with E-state index in [1.165, 1.54) is 31.4 Å². The Bertz CT molecular complexity index is 307. The van der Waals surface area contributed by atoms with E-state index in [9.17, 15) is 4.79 Å². The smallest absolute Gasteiger partial charge is 0.221 e. The molecule has 0 radical (unpaired) electrons. The Kier molecular flexibility index (Phi) is 10.3. The van der Waals surface area contributed by atoms with Crippen molar-refractivity contribution >= 4 is 42.5 Å².